The Morgan fingerprint density at radius 1 is 0.957 bits per heavy atom. The molecule has 0 aromatic heterocycles. The molecule has 5 bridgehead atoms. The van der Waals surface area contributed by atoms with Crippen molar-refractivity contribution in [3.05, 3.63) is 89.5 Å². The predicted octanol–water partition coefficient (Wildman–Crippen LogP) is 3.74. The van der Waals surface area contributed by atoms with Crippen LogP contribution in [0.4, 0.5) is 5.69 Å². The first-order valence-corrected chi connectivity index (χ1v) is 16.2. The molecule has 6 atom stereocenters. The zero-order chi connectivity index (χ0) is 32.3. The summed E-state index contributed by atoms with van der Waals surface area (Å²) in [5.74, 6) is -3.45. The number of benzene rings is 2. The Balaban J connectivity index is 1.41. The second-order valence-electron chi connectivity index (χ2n) is 12.1. The molecule has 10 nitrogen and oxygen atoms in total. The van der Waals surface area contributed by atoms with E-state index >= 15 is 0 Å². The second kappa shape index (κ2) is 13.8. The fourth-order valence-corrected chi connectivity index (χ4v) is 7.17. The maximum absolute atomic E-state index is 14.8. The van der Waals surface area contributed by atoms with E-state index in [0.29, 0.717) is 42.0 Å². The number of aliphatic hydroxyl groups excluding tert-OH is 1. The van der Waals surface area contributed by atoms with Crippen LogP contribution in [0.1, 0.15) is 43.8 Å². The van der Waals surface area contributed by atoms with Crippen molar-refractivity contribution >= 4 is 41.0 Å². The Labute approximate surface area is 273 Å². The number of nitrogens with one attached hydrogen (secondary N) is 1. The summed E-state index contributed by atoms with van der Waals surface area (Å²) in [4.78, 5) is 59.0. The van der Waals surface area contributed by atoms with Crippen molar-refractivity contribution in [2.75, 3.05) is 31.1 Å². The third-order valence-corrected chi connectivity index (χ3v) is 9.50. The smallest absolute Gasteiger partial charge is 0.313 e. The predicted molar refractivity (Wildman–Crippen MR) is 171 cm³/mol. The van der Waals surface area contributed by atoms with Gasteiger partial charge in [0.05, 0.1) is 18.6 Å². The molecular formula is C35H38ClN3O7. The number of hydrogen-bond acceptors (Lipinski definition) is 7. The molecule has 0 radical (unpaired) electrons. The highest BCUT2D eigenvalue weighted by Gasteiger charge is 2.73. The second-order valence-corrected chi connectivity index (χ2v) is 12.5. The first-order chi connectivity index (χ1) is 22.3. The Morgan fingerprint density at radius 2 is 1.74 bits per heavy atom. The summed E-state index contributed by atoms with van der Waals surface area (Å²) in [6, 6.07) is 15.0. The number of nitrogens with zero attached hydrogens (tertiary/aromatic N) is 2. The molecule has 2 N–H and O–H groups in total. The van der Waals surface area contributed by atoms with Gasteiger partial charge in [-0.3, -0.25) is 19.2 Å². The van der Waals surface area contributed by atoms with E-state index in [9.17, 15) is 24.3 Å². The number of ether oxygens (including phenoxy) is 2. The van der Waals surface area contributed by atoms with Crippen molar-refractivity contribution in [1.29, 1.82) is 0 Å². The van der Waals surface area contributed by atoms with Gasteiger partial charge < -0.3 is 29.7 Å². The van der Waals surface area contributed by atoms with Gasteiger partial charge >= 0.3 is 5.97 Å². The summed E-state index contributed by atoms with van der Waals surface area (Å²) < 4.78 is 12.6. The van der Waals surface area contributed by atoms with Gasteiger partial charge in [-0.05, 0) is 55.5 Å². The standard InChI is InChI=1S/C35H38ClN3O7/c36-24-13-15-25(16-14-24)38-19-7-2-6-12-28(41)37-22-27(23-10-4-1-5-11-23)45-34(44)29-26-17-18-35(46-26)30(29)32(42)39(31(35)33(38)43)20-8-3-9-21-40/h1-2,4-5,7,10-11,13-18,26-27,29-31,40H,3,6,8-9,12,19-22H2,(H,37,41)/b7-2-/t26-,27-,29+,30+,31-,35+/m1/s1. The van der Waals surface area contributed by atoms with Crippen LogP contribution in [0, 0.1) is 11.8 Å². The van der Waals surface area contributed by atoms with Crippen molar-refractivity contribution in [1.82, 2.24) is 10.2 Å². The lowest BCUT2D eigenvalue weighted by Crippen LogP contribution is -2.56. The van der Waals surface area contributed by atoms with Gasteiger partial charge in [-0.15, -0.1) is 0 Å². The maximum atomic E-state index is 14.8. The minimum Gasteiger partial charge on any atom is -0.455 e. The largest absolute Gasteiger partial charge is 0.455 e. The van der Waals surface area contributed by atoms with Crippen molar-refractivity contribution in [2.45, 2.75) is 56.0 Å². The topological polar surface area (TPSA) is 125 Å². The van der Waals surface area contributed by atoms with Crippen molar-refractivity contribution in [2.24, 2.45) is 11.8 Å². The molecule has 2 aromatic carbocycles. The fourth-order valence-electron chi connectivity index (χ4n) is 7.04. The summed E-state index contributed by atoms with van der Waals surface area (Å²) in [5, 5.41) is 12.7. The third kappa shape index (κ3) is 6.09. The van der Waals surface area contributed by atoms with Crippen LogP contribution < -0.4 is 10.2 Å². The highest BCUT2D eigenvalue weighted by molar-refractivity contribution is 6.30. The van der Waals surface area contributed by atoms with E-state index in [1.54, 1.807) is 46.2 Å². The highest BCUT2D eigenvalue weighted by Crippen LogP contribution is 2.56. The molecule has 0 aliphatic carbocycles. The summed E-state index contributed by atoms with van der Waals surface area (Å²) in [5.41, 5.74) is -0.0724. The van der Waals surface area contributed by atoms with Crippen molar-refractivity contribution in [3.8, 4) is 0 Å². The van der Waals surface area contributed by atoms with Gasteiger partial charge in [0.2, 0.25) is 11.8 Å². The number of rotatable bonds is 7. The maximum Gasteiger partial charge on any atom is 0.313 e. The molecule has 2 aromatic rings. The number of allylic oxidation sites excluding steroid dienone is 1. The minimum atomic E-state index is -1.36. The molecule has 3 amide bonds. The number of unbranched alkanes of at least 4 members (excludes halogenated alkanes) is 2. The van der Waals surface area contributed by atoms with Gasteiger partial charge in [0.1, 0.15) is 23.7 Å². The van der Waals surface area contributed by atoms with E-state index in [2.05, 4.69) is 5.32 Å². The molecule has 2 fully saturated rings. The molecule has 0 unspecified atom stereocenters. The molecule has 2 saturated heterocycles. The van der Waals surface area contributed by atoms with Crippen molar-refractivity contribution in [3.63, 3.8) is 0 Å². The van der Waals surface area contributed by atoms with Crippen LogP contribution in [0.3, 0.4) is 0 Å². The van der Waals surface area contributed by atoms with Gasteiger partial charge in [-0.25, -0.2) is 0 Å². The molecule has 4 aliphatic heterocycles. The lowest BCUT2D eigenvalue weighted by Gasteiger charge is -2.36. The van der Waals surface area contributed by atoms with E-state index in [1.165, 1.54) is 0 Å². The first kappa shape index (κ1) is 32.0. The summed E-state index contributed by atoms with van der Waals surface area (Å²) in [6.07, 6.45) is 8.14. The molecule has 6 rings (SSSR count). The van der Waals surface area contributed by atoms with E-state index in [1.807, 2.05) is 42.5 Å². The number of likely N-dealkylation sites (tertiary alicyclic amines) is 1. The van der Waals surface area contributed by atoms with Crippen LogP contribution in [-0.2, 0) is 28.7 Å². The number of fused-ring (bicyclic) bond motifs is 2. The fraction of sp³-hybridized carbons (Fsp3) is 0.429. The first-order valence-electron chi connectivity index (χ1n) is 15.9. The quantitative estimate of drug-likeness (QED) is 0.267. The van der Waals surface area contributed by atoms with Crippen LogP contribution in [0.2, 0.25) is 5.02 Å². The molecule has 46 heavy (non-hydrogen) atoms. The monoisotopic (exact) mass is 647 g/mol. The third-order valence-electron chi connectivity index (χ3n) is 9.25. The number of halogens is 1. The van der Waals surface area contributed by atoms with Gasteiger partial charge in [-0.2, -0.15) is 0 Å². The zero-order valence-electron chi connectivity index (χ0n) is 25.4. The summed E-state index contributed by atoms with van der Waals surface area (Å²) in [6.45, 7) is 0.545. The van der Waals surface area contributed by atoms with Gasteiger partial charge in [0.15, 0.2) is 0 Å². The summed E-state index contributed by atoms with van der Waals surface area (Å²) in [7, 11) is 0. The summed E-state index contributed by atoms with van der Waals surface area (Å²) >= 11 is 6.18. The minimum absolute atomic E-state index is 0.0318. The Kier molecular flexibility index (Phi) is 9.58. The molecule has 4 heterocycles. The molecular weight excluding hydrogens is 610 g/mol. The van der Waals surface area contributed by atoms with E-state index < -0.39 is 41.7 Å². The molecule has 4 aliphatic rings. The number of aliphatic hydroxyl groups is 1. The Bertz CT molecular complexity index is 1510. The van der Waals surface area contributed by atoms with E-state index in [0.717, 1.165) is 0 Å². The van der Waals surface area contributed by atoms with Crippen LogP contribution in [0.5, 0.6) is 0 Å². The number of anilines is 1. The number of hydrogen-bond donors (Lipinski definition) is 2. The Hall–Kier alpha value is -3.99. The van der Waals surface area contributed by atoms with Crippen LogP contribution in [0.25, 0.3) is 0 Å². The highest BCUT2D eigenvalue weighted by atomic mass is 35.5. The number of carbonyl (C=O) groups is 4. The van der Waals surface area contributed by atoms with Gasteiger partial charge in [0.25, 0.3) is 5.91 Å². The van der Waals surface area contributed by atoms with Crippen molar-refractivity contribution < 1.29 is 33.8 Å². The normalized spacial score (nSPS) is 30.3. The molecule has 242 valence electrons. The van der Waals surface area contributed by atoms with Crippen LogP contribution >= 0.6 is 11.6 Å². The average molecular weight is 648 g/mol. The number of amides is 3. The Morgan fingerprint density at radius 3 is 2.50 bits per heavy atom. The number of carbonyl (C=O) groups excluding carboxylic acids is 4. The molecule has 0 saturated carbocycles. The lowest BCUT2D eigenvalue weighted by molar-refractivity contribution is -0.159. The van der Waals surface area contributed by atoms with E-state index in [4.69, 9.17) is 21.1 Å². The lowest BCUT2D eigenvalue weighted by atomic mass is 9.74. The van der Waals surface area contributed by atoms with Crippen LogP contribution in [-0.4, -0.2) is 77.7 Å². The number of esters is 1. The average Bonchev–Trinajstić information content (AvgIpc) is 3.70. The SMILES string of the molecule is O=C1CC/C=C\CN(c2ccc(Cl)cc2)C(=O)[C@H]2N(CCCCCO)C(=O)[C@@H]3[C@@H](C(=O)O[C@@H](c4ccccc4)CN1)[C@H]1C=C[C@]32O1. The zero-order valence-corrected chi connectivity index (χ0v) is 26.2. The van der Waals surface area contributed by atoms with Gasteiger partial charge in [0, 0.05) is 36.8 Å². The molecule has 1 spiro atoms. The van der Waals surface area contributed by atoms with Gasteiger partial charge in [-0.1, -0.05) is 66.2 Å². The number of cyclic esters (lactones) is 1. The molecule has 11 heteroatoms. The van der Waals surface area contributed by atoms with E-state index in [-0.39, 0.29) is 50.4 Å². The van der Waals surface area contributed by atoms with Crippen LogP contribution in [0.15, 0.2) is 78.9 Å².